The van der Waals surface area contributed by atoms with Gasteiger partial charge in [0.2, 0.25) is 5.91 Å². The van der Waals surface area contributed by atoms with E-state index in [1.54, 1.807) is 0 Å². The van der Waals surface area contributed by atoms with Crippen molar-refractivity contribution in [1.29, 1.82) is 0 Å². The third kappa shape index (κ3) is 2.81. The van der Waals surface area contributed by atoms with Crippen molar-refractivity contribution in [3.8, 4) is 0 Å². The van der Waals surface area contributed by atoms with E-state index < -0.39 is 0 Å². The van der Waals surface area contributed by atoms with E-state index in [9.17, 15) is 4.79 Å². The van der Waals surface area contributed by atoms with Crippen LogP contribution < -0.4 is 10.6 Å². The monoisotopic (exact) mass is 258 g/mol. The van der Waals surface area contributed by atoms with Crippen molar-refractivity contribution in [1.82, 2.24) is 5.32 Å². The van der Waals surface area contributed by atoms with Crippen molar-refractivity contribution in [3.05, 3.63) is 29.8 Å². The fourth-order valence-electron chi connectivity index (χ4n) is 3.22. The highest BCUT2D eigenvalue weighted by Gasteiger charge is 2.47. The first kappa shape index (κ1) is 12.7. The largest absolute Gasteiger partial charge is 0.326 e. The Labute approximate surface area is 114 Å². The van der Waals surface area contributed by atoms with Crippen LogP contribution in [0.15, 0.2) is 24.3 Å². The van der Waals surface area contributed by atoms with E-state index in [-0.39, 0.29) is 11.8 Å². The summed E-state index contributed by atoms with van der Waals surface area (Å²) < 4.78 is 0. The zero-order chi connectivity index (χ0) is 13.2. The molecule has 0 radical (unpaired) electrons. The van der Waals surface area contributed by atoms with E-state index in [2.05, 4.69) is 23.6 Å². The molecule has 2 unspecified atom stereocenters. The molecular formula is C16H22N2O. The third-order valence-electron chi connectivity index (χ3n) is 4.46. The minimum Gasteiger partial charge on any atom is -0.326 e. The summed E-state index contributed by atoms with van der Waals surface area (Å²) in [7, 11) is 0. The zero-order valence-electron chi connectivity index (χ0n) is 11.5. The summed E-state index contributed by atoms with van der Waals surface area (Å²) in [6.07, 6.45) is 3.57. The van der Waals surface area contributed by atoms with Gasteiger partial charge in [-0.15, -0.1) is 0 Å². The Balaban J connectivity index is 1.63. The van der Waals surface area contributed by atoms with Crippen LogP contribution in [-0.4, -0.2) is 12.5 Å². The topological polar surface area (TPSA) is 41.1 Å². The number of anilines is 1. The van der Waals surface area contributed by atoms with Gasteiger partial charge in [0.05, 0.1) is 0 Å². The van der Waals surface area contributed by atoms with Gasteiger partial charge < -0.3 is 10.6 Å². The van der Waals surface area contributed by atoms with Gasteiger partial charge >= 0.3 is 0 Å². The minimum atomic E-state index is 0.219. The molecule has 102 valence electrons. The summed E-state index contributed by atoms with van der Waals surface area (Å²) in [6.45, 7) is 3.84. The molecule has 2 aliphatic carbocycles. The Morgan fingerprint density at radius 1 is 1.21 bits per heavy atom. The molecule has 1 aromatic carbocycles. The number of hydrogen-bond acceptors (Lipinski definition) is 2. The van der Waals surface area contributed by atoms with Gasteiger partial charge in [-0.1, -0.05) is 25.1 Å². The molecule has 0 heterocycles. The van der Waals surface area contributed by atoms with E-state index in [0.717, 1.165) is 43.5 Å². The molecule has 1 amide bonds. The molecule has 3 nitrogen and oxygen atoms in total. The first-order valence-electron chi connectivity index (χ1n) is 7.37. The summed E-state index contributed by atoms with van der Waals surface area (Å²) in [4.78, 5) is 12.3. The summed E-state index contributed by atoms with van der Waals surface area (Å²) >= 11 is 0. The number of amides is 1. The number of carbonyl (C=O) groups excluding carboxylic acids is 1. The molecule has 2 N–H and O–H groups in total. The molecule has 2 saturated carbocycles. The van der Waals surface area contributed by atoms with Gasteiger partial charge in [0.15, 0.2) is 0 Å². The Kier molecular flexibility index (Phi) is 3.56. The van der Waals surface area contributed by atoms with Crippen molar-refractivity contribution in [2.24, 2.45) is 17.8 Å². The molecule has 1 aromatic rings. The quantitative estimate of drug-likeness (QED) is 0.852. The first-order valence-corrected chi connectivity index (χ1v) is 7.37. The Hall–Kier alpha value is -1.35. The van der Waals surface area contributed by atoms with E-state index >= 15 is 0 Å². The van der Waals surface area contributed by atoms with Crippen LogP contribution in [0.1, 0.15) is 31.7 Å². The van der Waals surface area contributed by atoms with Crippen LogP contribution in [0.3, 0.4) is 0 Å². The van der Waals surface area contributed by atoms with E-state index in [1.165, 1.54) is 12.0 Å². The lowest BCUT2D eigenvalue weighted by atomic mass is 10.0. The normalized spacial score (nSPS) is 27.9. The number of hydrogen-bond donors (Lipinski definition) is 2. The van der Waals surface area contributed by atoms with Gasteiger partial charge in [-0.2, -0.15) is 0 Å². The maximum Gasteiger partial charge on any atom is 0.227 e. The van der Waals surface area contributed by atoms with Crippen LogP contribution in [0.25, 0.3) is 0 Å². The van der Waals surface area contributed by atoms with Gasteiger partial charge in [-0.3, -0.25) is 4.79 Å². The van der Waals surface area contributed by atoms with Gasteiger partial charge in [0, 0.05) is 18.2 Å². The lowest BCUT2D eigenvalue weighted by Crippen LogP contribution is -2.23. The summed E-state index contributed by atoms with van der Waals surface area (Å²) in [5.74, 6) is 2.17. The van der Waals surface area contributed by atoms with E-state index in [1.807, 2.05) is 18.2 Å². The van der Waals surface area contributed by atoms with Crippen LogP contribution in [0.2, 0.25) is 0 Å². The number of fused-ring (bicyclic) bond motifs is 1. The molecule has 0 aliphatic heterocycles. The van der Waals surface area contributed by atoms with Crippen LogP contribution in [0.4, 0.5) is 5.69 Å². The van der Waals surface area contributed by atoms with Gasteiger partial charge in [-0.25, -0.2) is 0 Å². The number of para-hydroxylation sites is 1. The Morgan fingerprint density at radius 2 is 1.95 bits per heavy atom. The molecule has 2 atom stereocenters. The van der Waals surface area contributed by atoms with Crippen LogP contribution in [0.5, 0.6) is 0 Å². The lowest BCUT2D eigenvalue weighted by Gasteiger charge is -2.15. The standard InChI is InChI=1S/C16H22N2O/c1-2-17-10-11-5-3-4-6-15(11)18-16(19)14-8-12-7-13(12)9-14/h3-6,12-14,17H,2,7-10H2,1H3,(H,18,19). The molecule has 0 saturated heterocycles. The predicted molar refractivity (Wildman–Crippen MR) is 76.8 cm³/mol. The second kappa shape index (κ2) is 5.33. The van der Waals surface area contributed by atoms with Crippen molar-refractivity contribution >= 4 is 11.6 Å². The molecule has 0 spiro atoms. The predicted octanol–water partition coefficient (Wildman–Crippen LogP) is 2.78. The van der Waals surface area contributed by atoms with Crippen molar-refractivity contribution in [2.45, 2.75) is 32.7 Å². The van der Waals surface area contributed by atoms with E-state index in [4.69, 9.17) is 0 Å². The Morgan fingerprint density at radius 3 is 2.68 bits per heavy atom. The highest BCUT2D eigenvalue weighted by molar-refractivity contribution is 5.93. The second-order valence-corrected chi connectivity index (χ2v) is 5.85. The van der Waals surface area contributed by atoms with Crippen molar-refractivity contribution in [2.75, 3.05) is 11.9 Å². The average Bonchev–Trinajstić information content (AvgIpc) is 3.04. The number of benzene rings is 1. The zero-order valence-corrected chi connectivity index (χ0v) is 11.5. The van der Waals surface area contributed by atoms with E-state index in [0.29, 0.717) is 0 Å². The molecule has 3 heteroatoms. The molecule has 2 fully saturated rings. The first-order chi connectivity index (χ1) is 9.28. The smallest absolute Gasteiger partial charge is 0.227 e. The average molecular weight is 258 g/mol. The number of rotatable bonds is 5. The minimum absolute atomic E-state index is 0.219. The van der Waals surface area contributed by atoms with Gasteiger partial charge in [0.25, 0.3) is 0 Å². The van der Waals surface area contributed by atoms with Crippen molar-refractivity contribution in [3.63, 3.8) is 0 Å². The van der Waals surface area contributed by atoms with Crippen molar-refractivity contribution < 1.29 is 4.79 Å². The highest BCUT2D eigenvalue weighted by Crippen LogP contribution is 2.54. The Bertz CT molecular complexity index is 462. The van der Waals surface area contributed by atoms with Gasteiger partial charge in [-0.05, 0) is 49.3 Å². The highest BCUT2D eigenvalue weighted by atomic mass is 16.1. The second-order valence-electron chi connectivity index (χ2n) is 5.85. The maximum atomic E-state index is 12.3. The molecule has 19 heavy (non-hydrogen) atoms. The third-order valence-corrected chi connectivity index (χ3v) is 4.46. The number of carbonyl (C=O) groups is 1. The lowest BCUT2D eigenvalue weighted by molar-refractivity contribution is -0.120. The maximum absolute atomic E-state index is 12.3. The fraction of sp³-hybridized carbons (Fsp3) is 0.562. The molecule has 0 bridgehead atoms. The summed E-state index contributed by atoms with van der Waals surface area (Å²) in [6, 6.07) is 8.08. The molecular weight excluding hydrogens is 236 g/mol. The fourth-order valence-corrected chi connectivity index (χ4v) is 3.22. The molecule has 3 rings (SSSR count). The van der Waals surface area contributed by atoms with Gasteiger partial charge in [0.1, 0.15) is 0 Å². The van der Waals surface area contributed by atoms with Crippen LogP contribution in [0, 0.1) is 17.8 Å². The van der Waals surface area contributed by atoms with Crippen LogP contribution in [-0.2, 0) is 11.3 Å². The molecule has 0 aromatic heterocycles. The van der Waals surface area contributed by atoms with Crippen LogP contribution >= 0.6 is 0 Å². The molecule has 2 aliphatic rings. The summed E-state index contributed by atoms with van der Waals surface area (Å²) in [5, 5.41) is 6.43. The SMILES string of the molecule is CCNCc1ccccc1NC(=O)C1CC2CC2C1. The number of nitrogens with one attached hydrogen (secondary N) is 2. The summed E-state index contributed by atoms with van der Waals surface area (Å²) in [5.41, 5.74) is 2.13.